The number of benzene rings is 2. The normalized spacial score (nSPS) is 13.5. The fraction of sp³-hybridized carbons (Fsp3) is 0.200. The highest BCUT2D eigenvalue weighted by atomic mass is 35.5. The SMILES string of the molecule is O=[N+]([O-])c1ccc(Nc2nc(NN=Cc3ccc(Cl)cc3)nc(N3CCCC3)n2)cc1. The Morgan fingerprint density at radius 1 is 1.00 bits per heavy atom. The molecule has 1 fully saturated rings. The van der Waals surface area contributed by atoms with Crippen LogP contribution in [-0.4, -0.2) is 39.2 Å². The molecule has 0 radical (unpaired) electrons. The van der Waals surface area contributed by atoms with Gasteiger partial charge in [0, 0.05) is 35.9 Å². The van der Waals surface area contributed by atoms with E-state index in [1.54, 1.807) is 30.5 Å². The number of non-ortho nitro benzene ring substituents is 1. The van der Waals surface area contributed by atoms with Crippen molar-refractivity contribution in [3.05, 3.63) is 69.2 Å². The summed E-state index contributed by atoms with van der Waals surface area (Å²) in [6, 6.07) is 13.3. The molecule has 1 saturated heterocycles. The van der Waals surface area contributed by atoms with Gasteiger partial charge in [0.05, 0.1) is 11.1 Å². The Kier molecular flexibility index (Phi) is 6.18. The minimum Gasteiger partial charge on any atom is -0.341 e. The van der Waals surface area contributed by atoms with Crippen molar-refractivity contribution >= 4 is 47.0 Å². The summed E-state index contributed by atoms with van der Waals surface area (Å²) in [5, 5.41) is 18.8. The maximum Gasteiger partial charge on any atom is 0.269 e. The van der Waals surface area contributed by atoms with Crippen molar-refractivity contribution in [2.24, 2.45) is 5.10 Å². The van der Waals surface area contributed by atoms with Crippen LogP contribution in [0.2, 0.25) is 5.02 Å². The molecule has 4 rings (SSSR count). The lowest BCUT2D eigenvalue weighted by Gasteiger charge is -2.16. The van der Waals surface area contributed by atoms with Crippen molar-refractivity contribution < 1.29 is 4.92 Å². The van der Waals surface area contributed by atoms with E-state index in [1.807, 2.05) is 12.1 Å². The van der Waals surface area contributed by atoms with Crippen LogP contribution in [0.5, 0.6) is 0 Å². The molecule has 0 bridgehead atoms. The fourth-order valence-electron chi connectivity index (χ4n) is 3.04. The molecule has 1 aliphatic rings. The number of nitrogens with zero attached hydrogens (tertiary/aromatic N) is 6. The van der Waals surface area contributed by atoms with E-state index in [0.29, 0.717) is 22.6 Å². The Balaban J connectivity index is 1.54. The van der Waals surface area contributed by atoms with E-state index in [9.17, 15) is 10.1 Å². The summed E-state index contributed by atoms with van der Waals surface area (Å²) < 4.78 is 0. The van der Waals surface area contributed by atoms with Gasteiger partial charge >= 0.3 is 0 Å². The molecule has 0 saturated carbocycles. The zero-order valence-corrected chi connectivity index (χ0v) is 17.2. The van der Waals surface area contributed by atoms with Gasteiger partial charge < -0.3 is 10.2 Å². The lowest BCUT2D eigenvalue weighted by molar-refractivity contribution is -0.384. The largest absolute Gasteiger partial charge is 0.341 e. The molecule has 2 N–H and O–H groups in total. The van der Waals surface area contributed by atoms with Crippen molar-refractivity contribution in [3.63, 3.8) is 0 Å². The Labute approximate surface area is 183 Å². The minimum atomic E-state index is -0.446. The zero-order valence-electron chi connectivity index (χ0n) is 16.4. The fourth-order valence-corrected chi connectivity index (χ4v) is 3.16. The molecule has 158 valence electrons. The molecule has 10 nitrogen and oxygen atoms in total. The van der Waals surface area contributed by atoms with Crippen molar-refractivity contribution in [1.29, 1.82) is 0 Å². The maximum absolute atomic E-state index is 10.8. The maximum atomic E-state index is 10.8. The van der Waals surface area contributed by atoms with Crippen LogP contribution in [0.15, 0.2) is 53.6 Å². The Morgan fingerprint density at radius 2 is 1.68 bits per heavy atom. The highest BCUT2D eigenvalue weighted by Gasteiger charge is 2.17. The number of aromatic nitrogens is 3. The second-order valence-corrected chi connectivity index (χ2v) is 7.26. The minimum absolute atomic E-state index is 0.0119. The van der Waals surface area contributed by atoms with Crippen molar-refractivity contribution in [3.8, 4) is 0 Å². The zero-order chi connectivity index (χ0) is 21.6. The highest BCUT2D eigenvalue weighted by molar-refractivity contribution is 6.30. The molecule has 11 heteroatoms. The number of nitro groups is 1. The second kappa shape index (κ2) is 9.35. The molecular formula is C20H19ClN8O2. The van der Waals surface area contributed by atoms with Crippen LogP contribution in [0.4, 0.5) is 29.2 Å². The smallest absolute Gasteiger partial charge is 0.269 e. The van der Waals surface area contributed by atoms with E-state index < -0.39 is 4.92 Å². The molecule has 0 unspecified atom stereocenters. The first-order chi connectivity index (χ1) is 15.1. The average molecular weight is 439 g/mol. The predicted molar refractivity (Wildman–Crippen MR) is 120 cm³/mol. The lowest BCUT2D eigenvalue weighted by Crippen LogP contribution is -2.21. The number of nitrogens with one attached hydrogen (secondary N) is 2. The quantitative estimate of drug-likeness (QED) is 0.319. The third kappa shape index (κ3) is 5.43. The van der Waals surface area contributed by atoms with E-state index >= 15 is 0 Å². The first-order valence-corrected chi connectivity index (χ1v) is 10.0. The van der Waals surface area contributed by atoms with Gasteiger partial charge in [0.2, 0.25) is 17.8 Å². The number of hydrogen-bond donors (Lipinski definition) is 2. The molecule has 0 atom stereocenters. The Morgan fingerprint density at radius 3 is 2.35 bits per heavy atom. The molecule has 2 heterocycles. The summed E-state index contributed by atoms with van der Waals surface area (Å²) in [7, 11) is 0. The summed E-state index contributed by atoms with van der Waals surface area (Å²) in [5.41, 5.74) is 4.35. The van der Waals surface area contributed by atoms with E-state index in [2.05, 4.69) is 35.7 Å². The molecule has 31 heavy (non-hydrogen) atoms. The van der Waals surface area contributed by atoms with Gasteiger partial charge in [-0.1, -0.05) is 23.7 Å². The third-order valence-corrected chi connectivity index (χ3v) is 4.85. The summed E-state index contributed by atoms with van der Waals surface area (Å²) in [5.74, 6) is 1.14. The van der Waals surface area contributed by atoms with Crippen LogP contribution in [-0.2, 0) is 0 Å². The van der Waals surface area contributed by atoms with Crippen LogP contribution in [0.1, 0.15) is 18.4 Å². The number of hydrazone groups is 1. The van der Waals surface area contributed by atoms with Crippen molar-refractivity contribution in [1.82, 2.24) is 15.0 Å². The molecule has 1 aliphatic heterocycles. The van der Waals surface area contributed by atoms with Crippen LogP contribution >= 0.6 is 11.6 Å². The van der Waals surface area contributed by atoms with Crippen LogP contribution in [0.25, 0.3) is 0 Å². The molecule has 0 amide bonds. The van der Waals surface area contributed by atoms with Gasteiger partial charge in [-0.2, -0.15) is 20.1 Å². The molecule has 3 aromatic rings. The molecule has 2 aromatic carbocycles. The van der Waals surface area contributed by atoms with Gasteiger partial charge in [0.25, 0.3) is 5.69 Å². The van der Waals surface area contributed by atoms with Gasteiger partial charge in [-0.15, -0.1) is 0 Å². The van der Waals surface area contributed by atoms with Gasteiger partial charge in [-0.3, -0.25) is 10.1 Å². The van der Waals surface area contributed by atoms with Gasteiger partial charge in [0.15, 0.2) is 0 Å². The topological polar surface area (TPSA) is 121 Å². The molecule has 0 spiro atoms. The third-order valence-electron chi connectivity index (χ3n) is 4.59. The number of anilines is 4. The Hall–Kier alpha value is -3.79. The van der Waals surface area contributed by atoms with E-state index in [1.165, 1.54) is 12.1 Å². The lowest BCUT2D eigenvalue weighted by atomic mass is 10.2. The Bertz CT molecular complexity index is 1080. The second-order valence-electron chi connectivity index (χ2n) is 6.83. The number of rotatable bonds is 7. The van der Waals surface area contributed by atoms with Crippen molar-refractivity contribution in [2.45, 2.75) is 12.8 Å². The average Bonchev–Trinajstić information content (AvgIpc) is 3.30. The summed E-state index contributed by atoms with van der Waals surface area (Å²) in [6.07, 6.45) is 3.79. The summed E-state index contributed by atoms with van der Waals surface area (Å²) in [4.78, 5) is 25.8. The monoisotopic (exact) mass is 438 g/mol. The number of nitro benzene ring substituents is 1. The van der Waals surface area contributed by atoms with Gasteiger partial charge in [-0.05, 0) is 42.7 Å². The van der Waals surface area contributed by atoms with Crippen LogP contribution < -0.4 is 15.6 Å². The van der Waals surface area contributed by atoms with Crippen LogP contribution in [0, 0.1) is 10.1 Å². The molecule has 0 aliphatic carbocycles. The summed E-state index contributed by atoms with van der Waals surface area (Å²) >= 11 is 5.90. The van der Waals surface area contributed by atoms with Crippen LogP contribution in [0.3, 0.4) is 0 Å². The van der Waals surface area contributed by atoms with E-state index in [0.717, 1.165) is 31.5 Å². The summed E-state index contributed by atoms with van der Waals surface area (Å²) in [6.45, 7) is 1.74. The van der Waals surface area contributed by atoms with E-state index in [4.69, 9.17) is 11.6 Å². The number of halogens is 1. The first kappa shape index (κ1) is 20.5. The molecular weight excluding hydrogens is 420 g/mol. The number of hydrogen-bond acceptors (Lipinski definition) is 9. The molecule has 1 aromatic heterocycles. The van der Waals surface area contributed by atoms with Gasteiger partial charge in [-0.25, -0.2) is 5.43 Å². The van der Waals surface area contributed by atoms with Gasteiger partial charge in [0.1, 0.15) is 0 Å². The predicted octanol–water partition coefficient (Wildman–Crippen LogP) is 4.22. The van der Waals surface area contributed by atoms with E-state index in [-0.39, 0.29) is 11.6 Å². The first-order valence-electron chi connectivity index (χ1n) is 9.64. The van der Waals surface area contributed by atoms with Crippen molar-refractivity contribution in [2.75, 3.05) is 28.7 Å². The highest BCUT2D eigenvalue weighted by Crippen LogP contribution is 2.22. The standard InChI is InChI=1S/C20H19ClN8O2/c21-15-5-3-14(4-6-15)13-22-27-19-24-18(25-20(26-19)28-11-1-2-12-28)23-16-7-9-17(10-8-16)29(30)31/h3-10,13H,1-2,11-12H2,(H2,23,24,25,26,27).